The van der Waals surface area contributed by atoms with Gasteiger partial charge in [0.25, 0.3) is 0 Å². The SMILES string of the molecule is CCOc1cc([C@H]2[C@@H]3C(=O)CCC=C3Nc3nc(-c4ccc(OC)cc4)nn32)ccc1O. The van der Waals surface area contributed by atoms with Crippen molar-refractivity contribution in [2.75, 3.05) is 19.0 Å². The average molecular weight is 432 g/mol. The molecule has 0 saturated carbocycles. The molecule has 0 radical (unpaired) electrons. The van der Waals surface area contributed by atoms with Gasteiger partial charge in [-0.1, -0.05) is 12.1 Å². The van der Waals surface area contributed by atoms with Crippen molar-refractivity contribution in [3.05, 3.63) is 59.8 Å². The van der Waals surface area contributed by atoms with Gasteiger partial charge in [-0.25, -0.2) is 4.68 Å². The molecule has 0 amide bonds. The molecule has 8 heteroatoms. The number of Topliss-reactive ketones (excluding diaryl/α,β-unsaturated/α-hetero) is 1. The van der Waals surface area contributed by atoms with Gasteiger partial charge in [0.2, 0.25) is 5.95 Å². The van der Waals surface area contributed by atoms with E-state index in [2.05, 4.69) is 11.4 Å². The normalized spacial score (nSPS) is 19.4. The van der Waals surface area contributed by atoms with Crippen molar-refractivity contribution in [1.82, 2.24) is 14.8 Å². The molecule has 1 aliphatic carbocycles. The summed E-state index contributed by atoms with van der Waals surface area (Å²) in [4.78, 5) is 17.7. The highest BCUT2D eigenvalue weighted by molar-refractivity contribution is 5.87. The first-order valence-corrected chi connectivity index (χ1v) is 10.7. The second-order valence-corrected chi connectivity index (χ2v) is 7.80. The van der Waals surface area contributed by atoms with Crippen LogP contribution in [0.5, 0.6) is 17.2 Å². The fourth-order valence-corrected chi connectivity index (χ4v) is 4.36. The summed E-state index contributed by atoms with van der Waals surface area (Å²) in [5, 5.41) is 18.3. The summed E-state index contributed by atoms with van der Waals surface area (Å²) in [6.07, 6.45) is 3.25. The predicted octanol–water partition coefficient (Wildman–Crippen LogP) is 3.94. The lowest BCUT2D eigenvalue weighted by Crippen LogP contribution is -2.38. The molecule has 2 atom stereocenters. The number of aromatic hydroxyl groups is 1. The number of aromatic nitrogens is 3. The molecule has 0 spiro atoms. The van der Waals surface area contributed by atoms with E-state index in [1.165, 1.54) is 0 Å². The molecule has 2 aromatic carbocycles. The molecule has 164 valence electrons. The second kappa shape index (κ2) is 8.03. The number of methoxy groups -OCH3 is 1. The molecule has 3 aromatic rings. The van der Waals surface area contributed by atoms with Crippen LogP contribution < -0.4 is 14.8 Å². The van der Waals surface area contributed by atoms with E-state index in [-0.39, 0.29) is 11.5 Å². The fourth-order valence-electron chi connectivity index (χ4n) is 4.36. The van der Waals surface area contributed by atoms with Crippen molar-refractivity contribution in [2.24, 2.45) is 5.92 Å². The van der Waals surface area contributed by atoms with Gasteiger partial charge in [0, 0.05) is 17.7 Å². The Labute approximate surface area is 185 Å². The van der Waals surface area contributed by atoms with Gasteiger partial charge in [0.05, 0.1) is 25.7 Å². The van der Waals surface area contributed by atoms with Crippen LogP contribution in [0.2, 0.25) is 0 Å². The van der Waals surface area contributed by atoms with Gasteiger partial charge in [-0.05, 0) is 55.3 Å². The number of allylic oxidation sites excluding steroid dienone is 2. The molecule has 32 heavy (non-hydrogen) atoms. The molecule has 0 unspecified atom stereocenters. The van der Waals surface area contributed by atoms with E-state index >= 15 is 0 Å². The molecule has 2 N–H and O–H groups in total. The number of carbonyl (C=O) groups is 1. The molecule has 5 rings (SSSR count). The number of ether oxygens (including phenoxy) is 2. The van der Waals surface area contributed by atoms with Crippen molar-refractivity contribution in [3.63, 3.8) is 0 Å². The smallest absolute Gasteiger partial charge is 0.226 e. The maximum absolute atomic E-state index is 13.0. The molecule has 0 fully saturated rings. The molecule has 0 bridgehead atoms. The first kappa shape index (κ1) is 20.1. The van der Waals surface area contributed by atoms with Gasteiger partial charge in [-0.15, -0.1) is 5.10 Å². The second-order valence-electron chi connectivity index (χ2n) is 7.80. The van der Waals surface area contributed by atoms with Gasteiger partial charge in [0.15, 0.2) is 17.3 Å². The van der Waals surface area contributed by atoms with E-state index in [0.29, 0.717) is 37.0 Å². The van der Waals surface area contributed by atoms with Gasteiger partial charge < -0.3 is 19.9 Å². The summed E-state index contributed by atoms with van der Waals surface area (Å²) in [5.74, 6) is 2.07. The topological polar surface area (TPSA) is 98.5 Å². The molecular weight excluding hydrogens is 408 g/mol. The van der Waals surface area contributed by atoms with Crippen LogP contribution >= 0.6 is 0 Å². The Morgan fingerprint density at radius 3 is 2.78 bits per heavy atom. The van der Waals surface area contributed by atoms with Crippen molar-refractivity contribution >= 4 is 11.7 Å². The van der Waals surface area contributed by atoms with Gasteiger partial charge in [0.1, 0.15) is 11.5 Å². The van der Waals surface area contributed by atoms with Crippen molar-refractivity contribution in [1.29, 1.82) is 0 Å². The minimum absolute atomic E-state index is 0.0630. The standard InChI is InChI=1S/C24H24N4O4/c1-3-32-20-13-15(9-12-18(20)29)22-21-17(5-4-6-19(21)30)25-24-26-23(27-28(22)24)14-7-10-16(31-2)11-8-14/h5,7-13,21-22,29H,3-4,6H2,1-2H3,(H,25,26,27)/t21-,22-/m0/s1. The zero-order valence-corrected chi connectivity index (χ0v) is 17.9. The Morgan fingerprint density at radius 1 is 1.22 bits per heavy atom. The van der Waals surface area contributed by atoms with Crippen LogP contribution in [0.25, 0.3) is 11.4 Å². The summed E-state index contributed by atoms with van der Waals surface area (Å²) in [5.41, 5.74) is 2.52. The maximum Gasteiger partial charge on any atom is 0.226 e. The largest absolute Gasteiger partial charge is 0.504 e. The lowest BCUT2D eigenvalue weighted by Gasteiger charge is -2.36. The number of fused-ring (bicyclic) bond motifs is 2. The number of anilines is 1. The maximum atomic E-state index is 13.0. The Kier molecular flexibility index (Phi) is 5.05. The van der Waals surface area contributed by atoms with E-state index < -0.39 is 12.0 Å². The number of rotatable bonds is 5. The molecule has 2 aliphatic rings. The van der Waals surface area contributed by atoms with E-state index in [1.807, 2.05) is 37.3 Å². The highest BCUT2D eigenvalue weighted by atomic mass is 16.5. The number of phenolic OH excluding ortho intramolecular Hbond substituents is 1. The molecular formula is C24H24N4O4. The van der Waals surface area contributed by atoms with Crippen LogP contribution in [0, 0.1) is 5.92 Å². The first-order valence-electron chi connectivity index (χ1n) is 10.7. The van der Waals surface area contributed by atoms with Crippen molar-refractivity contribution in [3.8, 4) is 28.6 Å². The van der Waals surface area contributed by atoms with E-state index in [1.54, 1.807) is 23.9 Å². The van der Waals surface area contributed by atoms with Crippen LogP contribution in [-0.2, 0) is 4.79 Å². The number of benzene rings is 2. The van der Waals surface area contributed by atoms with Gasteiger partial charge in [-0.2, -0.15) is 4.98 Å². The molecule has 1 aromatic heterocycles. The zero-order valence-electron chi connectivity index (χ0n) is 17.9. The minimum atomic E-state index is -0.402. The summed E-state index contributed by atoms with van der Waals surface area (Å²) in [6, 6.07) is 12.3. The quantitative estimate of drug-likeness (QED) is 0.630. The average Bonchev–Trinajstić information content (AvgIpc) is 3.23. The fraction of sp³-hybridized carbons (Fsp3) is 0.292. The monoisotopic (exact) mass is 432 g/mol. The minimum Gasteiger partial charge on any atom is -0.504 e. The number of hydrogen-bond acceptors (Lipinski definition) is 7. The predicted molar refractivity (Wildman–Crippen MR) is 119 cm³/mol. The zero-order chi connectivity index (χ0) is 22.2. The summed E-state index contributed by atoms with van der Waals surface area (Å²) in [6.45, 7) is 2.28. The summed E-state index contributed by atoms with van der Waals surface area (Å²) < 4.78 is 12.6. The Hall–Kier alpha value is -3.81. The third-order valence-corrected chi connectivity index (χ3v) is 5.88. The van der Waals surface area contributed by atoms with Gasteiger partial charge >= 0.3 is 0 Å². The lowest BCUT2D eigenvalue weighted by atomic mass is 9.81. The Bertz CT molecular complexity index is 1200. The third kappa shape index (κ3) is 3.37. The van der Waals surface area contributed by atoms with Crippen LogP contribution in [0.3, 0.4) is 0 Å². The van der Waals surface area contributed by atoms with Gasteiger partial charge in [-0.3, -0.25) is 4.79 Å². The van der Waals surface area contributed by atoms with E-state index in [4.69, 9.17) is 19.6 Å². The molecule has 8 nitrogen and oxygen atoms in total. The van der Waals surface area contributed by atoms with Crippen molar-refractivity contribution in [2.45, 2.75) is 25.8 Å². The molecule has 1 aliphatic heterocycles. The number of nitrogens with zero attached hydrogens (tertiary/aromatic N) is 3. The lowest BCUT2D eigenvalue weighted by molar-refractivity contribution is -0.123. The van der Waals surface area contributed by atoms with E-state index in [9.17, 15) is 9.90 Å². The number of nitrogens with one attached hydrogen (secondary N) is 1. The van der Waals surface area contributed by atoms with E-state index in [0.717, 1.165) is 22.6 Å². The number of ketones is 1. The highest BCUT2D eigenvalue weighted by Crippen LogP contribution is 2.43. The number of carbonyl (C=O) groups excluding carboxylic acids is 1. The van der Waals surface area contributed by atoms with Crippen LogP contribution in [-0.4, -0.2) is 39.4 Å². The van der Waals surface area contributed by atoms with Crippen molar-refractivity contribution < 1.29 is 19.4 Å². The summed E-state index contributed by atoms with van der Waals surface area (Å²) in [7, 11) is 1.62. The molecule has 0 saturated heterocycles. The number of hydrogen-bond donors (Lipinski definition) is 2. The summed E-state index contributed by atoms with van der Waals surface area (Å²) >= 11 is 0. The Morgan fingerprint density at radius 2 is 2.03 bits per heavy atom. The highest BCUT2D eigenvalue weighted by Gasteiger charge is 2.42. The first-order chi connectivity index (χ1) is 15.6. The third-order valence-electron chi connectivity index (χ3n) is 5.88. The molecule has 2 heterocycles. The van der Waals surface area contributed by atoms with Crippen LogP contribution in [0.4, 0.5) is 5.95 Å². The number of phenols is 1. The van der Waals surface area contributed by atoms with Crippen LogP contribution in [0.1, 0.15) is 31.4 Å². The van der Waals surface area contributed by atoms with Crippen LogP contribution in [0.15, 0.2) is 54.2 Å². The Balaban J connectivity index is 1.64.